The molecule has 0 aliphatic rings. The maximum Gasteiger partial charge on any atom is 0.407 e. The van der Waals surface area contributed by atoms with Crippen molar-refractivity contribution < 1.29 is 9.53 Å². The topological polar surface area (TPSA) is 69.0 Å². The molecule has 20 heavy (non-hydrogen) atoms. The van der Waals surface area contributed by atoms with Crippen molar-refractivity contribution in [3.63, 3.8) is 0 Å². The maximum atomic E-state index is 11.5. The molecule has 0 aromatic carbocycles. The van der Waals surface area contributed by atoms with Gasteiger partial charge in [0.2, 0.25) is 5.28 Å². The minimum absolute atomic E-state index is 0.206. The second-order valence-corrected chi connectivity index (χ2v) is 5.69. The number of nitrogens with zero attached hydrogens (tertiary/aromatic N) is 3. The minimum atomic E-state index is -0.495. The summed E-state index contributed by atoms with van der Waals surface area (Å²) in [5.41, 5.74) is 0.251. The van der Waals surface area contributed by atoms with E-state index in [1.54, 1.807) is 6.20 Å². The summed E-state index contributed by atoms with van der Waals surface area (Å²) >= 11 is 5.78. The number of halogens is 1. The number of alkyl carbamates (subject to hydrolysis) is 1. The zero-order chi connectivity index (χ0) is 14.8. The van der Waals surface area contributed by atoms with Gasteiger partial charge in [-0.3, -0.25) is 0 Å². The van der Waals surface area contributed by atoms with Crippen molar-refractivity contribution in [3.05, 3.63) is 23.7 Å². The molecule has 1 N–H and O–H groups in total. The number of nitrogens with one attached hydrogen (secondary N) is 1. The van der Waals surface area contributed by atoms with Crippen LogP contribution in [0.2, 0.25) is 5.28 Å². The van der Waals surface area contributed by atoms with E-state index in [9.17, 15) is 4.79 Å². The van der Waals surface area contributed by atoms with E-state index in [2.05, 4.69) is 15.3 Å². The minimum Gasteiger partial charge on any atom is -0.444 e. The van der Waals surface area contributed by atoms with Crippen LogP contribution in [-0.4, -0.2) is 32.8 Å². The summed E-state index contributed by atoms with van der Waals surface area (Å²) in [6.45, 7) is 6.50. The quantitative estimate of drug-likeness (QED) is 0.884. The van der Waals surface area contributed by atoms with Gasteiger partial charge in [0.1, 0.15) is 11.2 Å². The summed E-state index contributed by atoms with van der Waals surface area (Å²) in [5.74, 6) is 0. The lowest BCUT2D eigenvalue weighted by molar-refractivity contribution is 0.0526. The molecule has 2 heterocycles. The van der Waals surface area contributed by atoms with E-state index < -0.39 is 11.7 Å². The fraction of sp³-hybridized carbons (Fsp3) is 0.462. The van der Waals surface area contributed by atoms with Crippen LogP contribution in [0, 0.1) is 0 Å². The van der Waals surface area contributed by atoms with Crippen LogP contribution < -0.4 is 5.32 Å². The molecule has 0 fully saturated rings. The highest BCUT2D eigenvalue weighted by Crippen LogP contribution is 2.14. The zero-order valence-electron chi connectivity index (χ0n) is 11.7. The first kappa shape index (κ1) is 14.6. The predicted molar refractivity (Wildman–Crippen MR) is 76.8 cm³/mol. The van der Waals surface area contributed by atoms with Crippen molar-refractivity contribution in [2.45, 2.75) is 32.9 Å². The number of rotatable bonds is 3. The van der Waals surface area contributed by atoms with Crippen LogP contribution in [-0.2, 0) is 11.3 Å². The monoisotopic (exact) mass is 296 g/mol. The van der Waals surface area contributed by atoms with Crippen LogP contribution in [0.3, 0.4) is 0 Å². The fourth-order valence-corrected chi connectivity index (χ4v) is 1.85. The highest BCUT2D eigenvalue weighted by molar-refractivity contribution is 6.28. The van der Waals surface area contributed by atoms with Crippen molar-refractivity contribution in [2.75, 3.05) is 6.54 Å². The standard InChI is InChI=1S/C13H17ClN4O2/c1-13(2,3)20-12(19)15-5-7-18-6-4-9-8-16-11(14)17-10(9)18/h4,6,8H,5,7H2,1-3H3,(H,15,19). The molecule has 0 radical (unpaired) electrons. The number of carbonyl (C=O) groups excluding carboxylic acids is 1. The Hall–Kier alpha value is -1.82. The van der Waals surface area contributed by atoms with Gasteiger partial charge in [0.05, 0.1) is 0 Å². The first-order chi connectivity index (χ1) is 9.35. The van der Waals surface area contributed by atoms with Crippen molar-refractivity contribution in [1.82, 2.24) is 19.9 Å². The highest BCUT2D eigenvalue weighted by Gasteiger charge is 2.15. The molecule has 7 heteroatoms. The molecule has 0 bridgehead atoms. The number of hydrogen-bond donors (Lipinski definition) is 1. The van der Waals surface area contributed by atoms with Gasteiger partial charge in [-0.25, -0.2) is 9.78 Å². The van der Waals surface area contributed by atoms with E-state index in [1.807, 2.05) is 37.6 Å². The maximum absolute atomic E-state index is 11.5. The van der Waals surface area contributed by atoms with Crippen LogP contribution in [0.15, 0.2) is 18.5 Å². The van der Waals surface area contributed by atoms with Gasteiger partial charge < -0.3 is 14.6 Å². The molecule has 2 aromatic rings. The number of ether oxygens (including phenoxy) is 1. The van der Waals surface area contributed by atoms with Crippen LogP contribution >= 0.6 is 11.6 Å². The molecular formula is C13H17ClN4O2. The van der Waals surface area contributed by atoms with E-state index in [0.29, 0.717) is 13.1 Å². The second-order valence-electron chi connectivity index (χ2n) is 5.36. The molecule has 0 saturated carbocycles. The number of amides is 1. The average molecular weight is 297 g/mol. The predicted octanol–water partition coefficient (Wildman–Crippen LogP) is 2.61. The number of hydrogen-bond acceptors (Lipinski definition) is 4. The van der Waals surface area contributed by atoms with Crippen molar-refractivity contribution in [3.8, 4) is 0 Å². The Morgan fingerprint density at radius 1 is 1.50 bits per heavy atom. The van der Waals surface area contributed by atoms with Gasteiger partial charge in [0.15, 0.2) is 0 Å². The molecule has 0 unspecified atom stereocenters. The zero-order valence-corrected chi connectivity index (χ0v) is 12.4. The Morgan fingerprint density at radius 2 is 2.25 bits per heavy atom. The molecule has 6 nitrogen and oxygen atoms in total. The third-order valence-corrected chi connectivity index (χ3v) is 2.68. The van der Waals surface area contributed by atoms with Gasteiger partial charge >= 0.3 is 6.09 Å². The highest BCUT2D eigenvalue weighted by atomic mass is 35.5. The lowest BCUT2D eigenvalue weighted by Gasteiger charge is -2.19. The van der Waals surface area contributed by atoms with Crippen LogP contribution in [0.4, 0.5) is 4.79 Å². The number of aromatic nitrogens is 3. The summed E-state index contributed by atoms with van der Waals surface area (Å²) < 4.78 is 7.06. The van der Waals surface area contributed by atoms with E-state index in [1.165, 1.54) is 0 Å². The summed E-state index contributed by atoms with van der Waals surface area (Å²) in [6.07, 6.45) is 3.12. The smallest absolute Gasteiger partial charge is 0.407 e. The molecular weight excluding hydrogens is 280 g/mol. The van der Waals surface area contributed by atoms with Crippen molar-refractivity contribution in [1.29, 1.82) is 0 Å². The Kier molecular flexibility index (Phi) is 4.13. The molecule has 0 saturated heterocycles. The lowest BCUT2D eigenvalue weighted by Crippen LogP contribution is -2.34. The molecule has 108 valence electrons. The largest absolute Gasteiger partial charge is 0.444 e. The van der Waals surface area contributed by atoms with Crippen LogP contribution in [0.25, 0.3) is 11.0 Å². The lowest BCUT2D eigenvalue weighted by atomic mass is 10.2. The van der Waals surface area contributed by atoms with Gasteiger partial charge in [-0.1, -0.05) is 0 Å². The molecule has 1 amide bonds. The van der Waals surface area contributed by atoms with Gasteiger partial charge in [-0.2, -0.15) is 4.98 Å². The Bertz CT molecular complexity index is 618. The van der Waals surface area contributed by atoms with Gasteiger partial charge in [-0.15, -0.1) is 0 Å². The molecule has 0 spiro atoms. The van der Waals surface area contributed by atoms with Crippen molar-refractivity contribution >= 4 is 28.7 Å². The average Bonchev–Trinajstić information content (AvgIpc) is 2.69. The first-order valence-electron chi connectivity index (χ1n) is 6.29. The molecule has 0 atom stereocenters. The first-order valence-corrected chi connectivity index (χ1v) is 6.67. The van der Waals surface area contributed by atoms with Crippen molar-refractivity contribution in [2.24, 2.45) is 0 Å². The molecule has 0 aliphatic carbocycles. The summed E-state index contributed by atoms with van der Waals surface area (Å²) in [7, 11) is 0. The fourth-order valence-electron chi connectivity index (χ4n) is 1.72. The molecule has 2 rings (SSSR count). The third-order valence-electron chi connectivity index (χ3n) is 2.49. The third kappa shape index (κ3) is 3.84. The van der Waals surface area contributed by atoms with Crippen LogP contribution in [0.1, 0.15) is 20.8 Å². The van der Waals surface area contributed by atoms with E-state index in [4.69, 9.17) is 16.3 Å². The SMILES string of the molecule is CC(C)(C)OC(=O)NCCn1ccc2cnc(Cl)nc21. The Balaban J connectivity index is 1.93. The summed E-state index contributed by atoms with van der Waals surface area (Å²) in [4.78, 5) is 19.6. The number of fused-ring (bicyclic) bond motifs is 1. The van der Waals surface area contributed by atoms with Gasteiger partial charge in [0, 0.05) is 30.9 Å². The molecule has 0 aliphatic heterocycles. The summed E-state index contributed by atoms with van der Waals surface area (Å²) in [6, 6.07) is 1.90. The second kappa shape index (κ2) is 5.66. The molecule has 2 aromatic heterocycles. The number of carbonyl (C=O) groups is 1. The normalized spacial score (nSPS) is 11.6. The van der Waals surface area contributed by atoms with E-state index in [0.717, 1.165) is 11.0 Å². The summed E-state index contributed by atoms with van der Waals surface area (Å²) in [5, 5.41) is 3.81. The van der Waals surface area contributed by atoms with E-state index >= 15 is 0 Å². The Morgan fingerprint density at radius 3 is 2.95 bits per heavy atom. The van der Waals surface area contributed by atoms with Crippen LogP contribution in [0.5, 0.6) is 0 Å². The van der Waals surface area contributed by atoms with Gasteiger partial charge in [-0.05, 0) is 38.4 Å². The Labute approximate surface area is 122 Å². The van der Waals surface area contributed by atoms with E-state index in [-0.39, 0.29) is 5.28 Å². The van der Waals surface area contributed by atoms with Gasteiger partial charge in [0.25, 0.3) is 0 Å².